The summed E-state index contributed by atoms with van der Waals surface area (Å²) in [7, 11) is 3.31. The van der Waals surface area contributed by atoms with E-state index in [9.17, 15) is 4.79 Å². The molecule has 2 aromatic carbocycles. The summed E-state index contributed by atoms with van der Waals surface area (Å²) >= 11 is 0. The van der Waals surface area contributed by atoms with E-state index in [1.54, 1.807) is 25.3 Å². The summed E-state index contributed by atoms with van der Waals surface area (Å²) in [4.78, 5) is 19.5. The molecule has 17 heteroatoms. The van der Waals surface area contributed by atoms with Crippen LogP contribution in [-0.4, -0.2) is 194 Å². The quantitative estimate of drug-likeness (QED) is 0.0583. The molecule has 0 unspecified atom stereocenters. The van der Waals surface area contributed by atoms with Crippen molar-refractivity contribution in [3.63, 3.8) is 0 Å². The third kappa shape index (κ3) is 28.3. The van der Waals surface area contributed by atoms with Crippen LogP contribution in [0.3, 0.4) is 0 Å². The van der Waals surface area contributed by atoms with Crippen LogP contribution in [0, 0.1) is 6.92 Å². The molecule has 3 aromatic rings. The van der Waals surface area contributed by atoms with Gasteiger partial charge in [-0.25, -0.2) is 4.79 Å². The van der Waals surface area contributed by atoms with Gasteiger partial charge in [0.25, 0.3) is 0 Å². The molecule has 1 aromatic heterocycles. The summed E-state index contributed by atoms with van der Waals surface area (Å²) < 4.78 is 77.3. The molecule has 0 aliphatic rings. The van der Waals surface area contributed by atoms with Crippen LogP contribution in [0.5, 0.6) is 5.75 Å². The number of benzene rings is 2. The molecule has 0 radical (unpaired) electrons. The average Bonchev–Trinajstić information content (AvgIpc) is 3.31. The molecule has 0 aliphatic carbocycles. The molecular weight excluding hydrogens is 869 g/mol. The van der Waals surface area contributed by atoms with Crippen molar-refractivity contribution in [1.82, 2.24) is 9.88 Å². The molecule has 1 heterocycles. The zero-order chi connectivity index (χ0) is 48.1. The molecule has 0 spiro atoms. The van der Waals surface area contributed by atoms with E-state index in [4.69, 9.17) is 66.3 Å². The number of carbonyl (C=O) groups excluding carboxylic acids is 1. The maximum atomic E-state index is 13.3. The number of hydrogen-bond donors (Lipinski definition) is 0. The molecule has 0 atom stereocenters. The lowest BCUT2D eigenvalue weighted by Gasteiger charge is -2.27. The van der Waals surface area contributed by atoms with Gasteiger partial charge in [0.2, 0.25) is 0 Å². The predicted octanol–water partition coefficient (Wildman–Crippen LogP) is 6.30. The van der Waals surface area contributed by atoms with E-state index in [0.717, 1.165) is 28.0 Å². The van der Waals surface area contributed by atoms with Gasteiger partial charge in [0.1, 0.15) is 11.4 Å². The number of rotatable bonds is 41. The van der Waals surface area contributed by atoms with Crippen LogP contribution >= 0.6 is 0 Å². The molecule has 1 amide bonds. The van der Waals surface area contributed by atoms with Crippen molar-refractivity contribution in [2.75, 3.05) is 173 Å². The Labute approximate surface area is 398 Å². The molecule has 3 rings (SSSR count). The Morgan fingerprint density at radius 1 is 0.507 bits per heavy atom. The van der Waals surface area contributed by atoms with Crippen molar-refractivity contribution in [2.24, 2.45) is 0 Å². The minimum atomic E-state index is -0.659. The van der Waals surface area contributed by atoms with E-state index in [2.05, 4.69) is 48.3 Å². The van der Waals surface area contributed by atoms with E-state index in [0.29, 0.717) is 164 Å². The first-order chi connectivity index (χ1) is 32.7. The summed E-state index contributed by atoms with van der Waals surface area (Å²) in [5.41, 5.74) is 5.30. The lowest BCUT2D eigenvalue weighted by atomic mass is 9.97. The van der Waals surface area contributed by atoms with E-state index in [1.165, 1.54) is 5.56 Å². The molecule has 0 aliphatic heterocycles. The third-order valence-corrected chi connectivity index (χ3v) is 9.34. The molecule has 0 bridgehead atoms. The van der Waals surface area contributed by atoms with Gasteiger partial charge >= 0.3 is 6.09 Å². The summed E-state index contributed by atoms with van der Waals surface area (Å²) in [6.07, 6.45) is 1.31. The van der Waals surface area contributed by atoms with Gasteiger partial charge in [-0.05, 0) is 68.7 Å². The number of hydrogen-bond acceptors (Lipinski definition) is 16. The van der Waals surface area contributed by atoms with E-state index < -0.39 is 11.7 Å². The highest BCUT2D eigenvalue weighted by molar-refractivity contribution is 5.78. The maximum absolute atomic E-state index is 13.3. The van der Waals surface area contributed by atoms with Crippen molar-refractivity contribution in [2.45, 2.75) is 39.8 Å². The summed E-state index contributed by atoms with van der Waals surface area (Å²) in [5, 5.41) is 0. The van der Waals surface area contributed by atoms with Crippen LogP contribution in [0.4, 0.5) is 4.79 Å². The number of methoxy groups -OCH3 is 2. The van der Waals surface area contributed by atoms with Gasteiger partial charge in [-0.2, -0.15) is 0 Å². The first kappa shape index (κ1) is 57.5. The highest BCUT2D eigenvalue weighted by Crippen LogP contribution is 2.35. The lowest BCUT2D eigenvalue weighted by Crippen LogP contribution is -2.38. The summed E-state index contributed by atoms with van der Waals surface area (Å²) in [5.74, 6) is 0.747. The number of ether oxygens (including phenoxy) is 14. The zero-order valence-electron chi connectivity index (χ0n) is 41.0. The molecule has 67 heavy (non-hydrogen) atoms. The Balaban J connectivity index is 1.15. The highest BCUT2D eigenvalue weighted by Gasteiger charge is 2.23. The van der Waals surface area contributed by atoms with Crippen molar-refractivity contribution < 1.29 is 71.1 Å². The largest absolute Gasteiger partial charge is 0.496 e. The van der Waals surface area contributed by atoms with Gasteiger partial charge in [-0.15, -0.1) is 0 Å². The lowest BCUT2D eigenvalue weighted by molar-refractivity contribution is -0.0283. The SMILES string of the molecule is COCCOCCOCCOCCOCCOCCOCCOCCOCCOCCOCCOCCN(Cc1cc(-c2cc(-c3cccc(C)c3)ccc2OC)ccn1)C(=O)OC(C)(C)C. The van der Waals surface area contributed by atoms with Crippen LogP contribution in [0.15, 0.2) is 60.8 Å². The molecule has 17 nitrogen and oxygen atoms in total. The average molecular weight is 947 g/mol. The molecule has 0 saturated carbocycles. The van der Waals surface area contributed by atoms with E-state index >= 15 is 0 Å². The van der Waals surface area contributed by atoms with Crippen molar-refractivity contribution in [3.05, 3.63) is 72.1 Å². The number of aromatic nitrogens is 1. The zero-order valence-corrected chi connectivity index (χ0v) is 41.0. The highest BCUT2D eigenvalue weighted by atomic mass is 16.6. The Hall–Kier alpha value is -3.82. The number of carbonyl (C=O) groups is 1. The van der Waals surface area contributed by atoms with Crippen LogP contribution < -0.4 is 4.74 Å². The normalized spacial score (nSPS) is 11.6. The number of amides is 1. The van der Waals surface area contributed by atoms with Gasteiger partial charge in [0, 0.05) is 25.4 Å². The van der Waals surface area contributed by atoms with Crippen LogP contribution in [0.2, 0.25) is 0 Å². The second kappa shape index (κ2) is 37.1. The smallest absolute Gasteiger partial charge is 0.410 e. The Morgan fingerprint density at radius 2 is 0.940 bits per heavy atom. The monoisotopic (exact) mass is 947 g/mol. The molecule has 0 fully saturated rings. The van der Waals surface area contributed by atoms with Crippen molar-refractivity contribution in [3.8, 4) is 28.0 Å². The van der Waals surface area contributed by atoms with Gasteiger partial charge in [-0.1, -0.05) is 35.9 Å². The fourth-order valence-electron chi connectivity index (χ4n) is 6.05. The number of nitrogens with zero attached hydrogens (tertiary/aromatic N) is 2. The number of pyridine rings is 1. The fraction of sp³-hybridized carbons (Fsp3) is 0.640. The maximum Gasteiger partial charge on any atom is 0.410 e. The summed E-state index contributed by atoms with van der Waals surface area (Å²) in [6.45, 7) is 19.2. The van der Waals surface area contributed by atoms with Gasteiger partial charge in [-0.3, -0.25) is 9.88 Å². The van der Waals surface area contributed by atoms with Crippen LogP contribution in [0.25, 0.3) is 22.3 Å². The topological polar surface area (TPSA) is 162 Å². The fourth-order valence-corrected chi connectivity index (χ4v) is 6.05. The molecule has 0 N–H and O–H groups in total. The van der Waals surface area contributed by atoms with E-state index in [-0.39, 0.29) is 6.54 Å². The summed E-state index contributed by atoms with van der Waals surface area (Å²) in [6, 6.07) is 18.5. The molecular formula is C50H78N2O15. The second-order valence-electron chi connectivity index (χ2n) is 16.0. The minimum absolute atomic E-state index is 0.241. The Bertz CT molecular complexity index is 1700. The van der Waals surface area contributed by atoms with Gasteiger partial charge < -0.3 is 66.3 Å². The third-order valence-electron chi connectivity index (χ3n) is 9.34. The minimum Gasteiger partial charge on any atom is -0.496 e. The second-order valence-corrected chi connectivity index (χ2v) is 16.0. The van der Waals surface area contributed by atoms with Crippen molar-refractivity contribution in [1.29, 1.82) is 0 Å². The van der Waals surface area contributed by atoms with Gasteiger partial charge in [0.05, 0.1) is 171 Å². The van der Waals surface area contributed by atoms with Crippen LogP contribution in [0.1, 0.15) is 32.0 Å². The Morgan fingerprint density at radius 3 is 1.36 bits per heavy atom. The van der Waals surface area contributed by atoms with Crippen LogP contribution in [-0.2, 0) is 68.1 Å². The number of aryl methyl sites for hydroxylation is 1. The molecule has 0 saturated heterocycles. The van der Waals surface area contributed by atoms with Gasteiger partial charge in [0.15, 0.2) is 0 Å². The van der Waals surface area contributed by atoms with E-state index in [1.807, 2.05) is 39.0 Å². The first-order valence-corrected chi connectivity index (χ1v) is 23.2. The Kier molecular flexibility index (Phi) is 31.9. The predicted molar refractivity (Wildman–Crippen MR) is 254 cm³/mol. The van der Waals surface area contributed by atoms with Crippen molar-refractivity contribution >= 4 is 6.09 Å². The molecule has 378 valence electrons. The standard InChI is InChI=1S/C50H78N2O15/c1-42-8-7-9-43(38-42)44-10-11-48(55-6)47(40-44)45-12-13-51-46(39-45)41-52(49(53)67-50(2,3)4)14-15-56-18-19-58-22-23-60-26-27-62-30-31-64-34-35-66-37-36-65-33-32-63-29-28-61-25-24-59-21-20-57-17-16-54-5/h7-13,38-40H,14-37,41H2,1-6H3. The first-order valence-electron chi connectivity index (χ1n) is 23.2.